The first-order chi connectivity index (χ1) is 14.1. The van der Waals surface area contributed by atoms with Gasteiger partial charge < -0.3 is 5.32 Å². The summed E-state index contributed by atoms with van der Waals surface area (Å²) in [4.78, 5) is 12.5. The molecule has 3 rings (SSSR count). The van der Waals surface area contributed by atoms with E-state index in [9.17, 15) is 13.2 Å². The zero-order valence-corrected chi connectivity index (χ0v) is 19.4. The van der Waals surface area contributed by atoms with E-state index in [1.165, 1.54) is 10.6 Å². The Morgan fingerprint density at radius 1 is 0.933 bits per heavy atom. The lowest BCUT2D eigenvalue weighted by molar-refractivity contribution is 0.102. The minimum atomic E-state index is -3.47. The molecule has 0 aliphatic rings. The summed E-state index contributed by atoms with van der Waals surface area (Å²) >= 11 is 3.36. The van der Waals surface area contributed by atoms with Crippen LogP contribution in [0.1, 0.15) is 27.0 Å². The van der Waals surface area contributed by atoms with Gasteiger partial charge >= 0.3 is 0 Å². The van der Waals surface area contributed by atoms with Crippen molar-refractivity contribution in [1.29, 1.82) is 0 Å². The summed E-state index contributed by atoms with van der Waals surface area (Å²) in [6.07, 6.45) is 1.20. The zero-order valence-electron chi connectivity index (χ0n) is 17.0. The number of sulfonamides is 1. The number of carbonyl (C=O) groups is 1. The number of nitrogens with zero attached hydrogens (tertiary/aromatic N) is 1. The summed E-state index contributed by atoms with van der Waals surface area (Å²) in [6.45, 7) is 4.13. The molecule has 3 aromatic rings. The molecule has 0 spiro atoms. The molecular weight excluding hydrogens is 464 g/mol. The monoisotopic (exact) mass is 486 g/mol. The van der Waals surface area contributed by atoms with E-state index in [0.717, 1.165) is 21.2 Å². The highest BCUT2D eigenvalue weighted by atomic mass is 79.9. The number of benzene rings is 3. The summed E-state index contributed by atoms with van der Waals surface area (Å²) in [7, 11) is -3.47. The SMILES string of the molecule is Cc1ccc(N(Cc2ccc(C(=O)Nc3ccc(Br)cc3)cc2)S(C)(=O)=O)cc1C. The largest absolute Gasteiger partial charge is 0.322 e. The lowest BCUT2D eigenvalue weighted by atomic mass is 10.1. The molecule has 0 radical (unpaired) electrons. The summed E-state index contributed by atoms with van der Waals surface area (Å²) in [6, 6.07) is 19.9. The summed E-state index contributed by atoms with van der Waals surface area (Å²) in [5.74, 6) is -0.224. The van der Waals surface area contributed by atoms with E-state index in [4.69, 9.17) is 0 Å². The van der Waals surface area contributed by atoms with Gasteiger partial charge in [-0.1, -0.05) is 34.1 Å². The number of nitrogens with one attached hydrogen (secondary N) is 1. The van der Waals surface area contributed by atoms with E-state index >= 15 is 0 Å². The van der Waals surface area contributed by atoms with E-state index in [0.29, 0.717) is 16.9 Å². The van der Waals surface area contributed by atoms with Gasteiger partial charge in [-0.15, -0.1) is 0 Å². The minimum absolute atomic E-state index is 0.190. The van der Waals surface area contributed by atoms with E-state index in [1.807, 2.05) is 56.3 Å². The van der Waals surface area contributed by atoms with Gasteiger partial charge in [0.25, 0.3) is 5.91 Å². The maximum atomic E-state index is 12.5. The van der Waals surface area contributed by atoms with E-state index in [1.54, 1.807) is 24.3 Å². The fourth-order valence-electron chi connectivity index (χ4n) is 2.94. The van der Waals surface area contributed by atoms with Gasteiger partial charge in [0.2, 0.25) is 10.0 Å². The fraction of sp³-hybridized carbons (Fsp3) is 0.174. The average Bonchev–Trinajstić information content (AvgIpc) is 2.69. The molecule has 3 aromatic carbocycles. The van der Waals surface area contributed by atoms with Crippen LogP contribution in [0.4, 0.5) is 11.4 Å². The van der Waals surface area contributed by atoms with Crippen LogP contribution in [0.3, 0.4) is 0 Å². The van der Waals surface area contributed by atoms with Gasteiger partial charge in [-0.2, -0.15) is 0 Å². The Morgan fingerprint density at radius 3 is 2.13 bits per heavy atom. The molecule has 30 heavy (non-hydrogen) atoms. The van der Waals surface area contributed by atoms with E-state index in [2.05, 4.69) is 21.2 Å². The number of anilines is 2. The highest BCUT2D eigenvalue weighted by molar-refractivity contribution is 9.10. The van der Waals surface area contributed by atoms with Crippen LogP contribution in [0, 0.1) is 13.8 Å². The Hall–Kier alpha value is -2.64. The lowest BCUT2D eigenvalue weighted by Gasteiger charge is -2.23. The molecular formula is C23H23BrN2O3S. The van der Waals surface area contributed by atoms with E-state index < -0.39 is 10.0 Å². The normalized spacial score (nSPS) is 11.2. The van der Waals surface area contributed by atoms with Crippen molar-refractivity contribution in [2.45, 2.75) is 20.4 Å². The first kappa shape index (κ1) is 22.1. The molecule has 0 aliphatic carbocycles. The van der Waals surface area contributed by atoms with Gasteiger partial charge in [-0.3, -0.25) is 9.10 Å². The number of rotatable bonds is 6. The maximum Gasteiger partial charge on any atom is 0.255 e. The van der Waals surface area contributed by atoms with Gasteiger partial charge in [0.15, 0.2) is 0 Å². The second-order valence-corrected chi connectivity index (χ2v) is 10.0. The molecule has 1 amide bonds. The second-order valence-electron chi connectivity index (χ2n) is 7.20. The van der Waals surface area contributed by atoms with Crippen molar-refractivity contribution in [3.8, 4) is 0 Å². The standard InChI is InChI=1S/C23H23BrN2O3S/c1-16-4-13-22(14-17(16)2)26(30(3,28)29)15-18-5-7-19(8-6-18)23(27)25-21-11-9-20(24)10-12-21/h4-14H,15H2,1-3H3,(H,25,27). The number of amides is 1. The first-order valence-electron chi connectivity index (χ1n) is 9.34. The summed E-state index contributed by atoms with van der Waals surface area (Å²) in [5.41, 5.74) is 4.75. The highest BCUT2D eigenvalue weighted by Crippen LogP contribution is 2.24. The molecule has 156 valence electrons. The quantitative estimate of drug-likeness (QED) is 0.514. The van der Waals surface area contributed by atoms with Crippen LogP contribution in [0.2, 0.25) is 0 Å². The third kappa shape index (κ3) is 5.49. The molecule has 0 saturated heterocycles. The van der Waals surface area contributed by atoms with Crippen LogP contribution in [0.15, 0.2) is 71.2 Å². The van der Waals surface area contributed by atoms with Crippen molar-refractivity contribution in [3.63, 3.8) is 0 Å². The summed E-state index contributed by atoms with van der Waals surface area (Å²) < 4.78 is 27.1. The average molecular weight is 487 g/mol. The number of hydrogen-bond donors (Lipinski definition) is 1. The molecule has 0 saturated carbocycles. The Labute approximate surface area is 185 Å². The van der Waals surface area contributed by atoms with Gasteiger partial charge in [0.1, 0.15) is 0 Å². The van der Waals surface area contributed by atoms with Crippen LogP contribution in [0.5, 0.6) is 0 Å². The molecule has 5 nitrogen and oxygen atoms in total. The number of aryl methyl sites for hydroxylation is 2. The smallest absolute Gasteiger partial charge is 0.255 e. The van der Waals surface area contributed by atoms with Crippen molar-refractivity contribution >= 4 is 43.2 Å². The Kier molecular flexibility index (Phi) is 6.63. The molecule has 0 heterocycles. The van der Waals surface area contributed by atoms with Gasteiger partial charge in [-0.25, -0.2) is 8.42 Å². The molecule has 0 atom stereocenters. The van der Waals surface area contributed by atoms with Crippen LogP contribution in [-0.4, -0.2) is 20.6 Å². The Bertz CT molecular complexity index is 1160. The Morgan fingerprint density at radius 2 is 1.57 bits per heavy atom. The zero-order chi connectivity index (χ0) is 21.9. The molecule has 0 bridgehead atoms. The predicted molar refractivity (Wildman–Crippen MR) is 125 cm³/mol. The summed E-state index contributed by atoms with van der Waals surface area (Å²) in [5, 5.41) is 2.84. The van der Waals surface area contributed by atoms with Crippen LogP contribution < -0.4 is 9.62 Å². The highest BCUT2D eigenvalue weighted by Gasteiger charge is 2.18. The molecule has 0 aromatic heterocycles. The van der Waals surface area contributed by atoms with Gasteiger partial charge in [-0.05, 0) is 79.1 Å². The molecule has 0 aliphatic heterocycles. The van der Waals surface area contributed by atoms with Gasteiger partial charge in [0, 0.05) is 15.7 Å². The Balaban J connectivity index is 1.77. The maximum absolute atomic E-state index is 12.5. The van der Waals surface area contributed by atoms with Crippen molar-refractivity contribution in [1.82, 2.24) is 0 Å². The number of hydrogen-bond acceptors (Lipinski definition) is 3. The van der Waals surface area contributed by atoms with Crippen LogP contribution in [-0.2, 0) is 16.6 Å². The van der Waals surface area contributed by atoms with Crippen LogP contribution in [0.25, 0.3) is 0 Å². The third-order valence-electron chi connectivity index (χ3n) is 4.82. The van der Waals surface area contributed by atoms with Crippen LogP contribution >= 0.6 is 15.9 Å². The predicted octanol–water partition coefficient (Wildman–Crippen LogP) is 5.28. The van der Waals surface area contributed by atoms with E-state index in [-0.39, 0.29) is 12.5 Å². The third-order valence-corrected chi connectivity index (χ3v) is 6.49. The van der Waals surface area contributed by atoms with Crippen molar-refractivity contribution in [2.75, 3.05) is 15.9 Å². The topological polar surface area (TPSA) is 66.5 Å². The van der Waals surface area contributed by atoms with Crippen molar-refractivity contribution in [2.24, 2.45) is 0 Å². The first-order valence-corrected chi connectivity index (χ1v) is 12.0. The lowest BCUT2D eigenvalue weighted by Crippen LogP contribution is -2.29. The molecule has 0 fully saturated rings. The molecule has 1 N–H and O–H groups in total. The second kappa shape index (κ2) is 9.02. The van der Waals surface area contributed by atoms with Crippen molar-refractivity contribution < 1.29 is 13.2 Å². The molecule has 7 heteroatoms. The number of halogens is 1. The number of carbonyl (C=O) groups excluding carboxylic acids is 1. The van der Waals surface area contributed by atoms with Crippen molar-refractivity contribution in [3.05, 3.63) is 93.5 Å². The fourth-order valence-corrected chi connectivity index (χ4v) is 4.09. The van der Waals surface area contributed by atoms with Gasteiger partial charge in [0.05, 0.1) is 18.5 Å². The molecule has 0 unspecified atom stereocenters. The minimum Gasteiger partial charge on any atom is -0.322 e.